The molecule has 0 fully saturated rings. The van der Waals surface area contributed by atoms with E-state index in [0.29, 0.717) is 30.9 Å². The monoisotopic (exact) mass is 666 g/mol. The second-order valence-corrected chi connectivity index (χ2v) is 14.0. The number of nitrogens with one attached hydrogen (secondary N) is 1. The molecular formula is C35H46N4O7S. The minimum absolute atomic E-state index is 0.0992. The standard InChI is InChI=1S/C35H46N4O7S/c1-24-9-12-30(13-10-24)47(43,44)37-29-11-14-32-31(20-29)35(42)39(26(3)23-40)21-25(2)33(45-19-7-6-8-27(4)46-32)22-38(5)34(41)28-15-17-36-18-16-28/h9-18,20,25-27,33,37,40H,6-8,19,21-23H2,1-5H3/t25-,26-,27+,33-/m1/s1. The number of aliphatic hydroxyl groups excluding tert-OH is 1. The summed E-state index contributed by atoms with van der Waals surface area (Å²) in [6.07, 6.45) is 4.81. The van der Waals surface area contributed by atoms with Gasteiger partial charge in [0.05, 0.1) is 35.3 Å². The number of amides is 2. The number of sulfonamides is 1. The Labute approximate surface area is 278 Å². The molecule has 3 aromatic rings. The van der Waals surface area contributed by atoms with Gasteiger partial charge >= 0.3 is 0 Å². The van der Waals surface area contributed by atoms with Crippen molar-refractivity contribution in [1.29, 1.82) is 0 Å². The van der Waals surface area contributed by atoms with E-state index in [4.69, 9.17) is 9.47 Å². The Hall–Kier alpha value is -4.00. The minimum atomic E-state index is -3.93. The number of carbonyl (C=O) groups excluding carboxylic acids is 2. The third kappa shape index (κ3) is 9.52. The fraction of sp³-hybridized carbons (Fsp3) is 0.457. The molecule has 47 heavy (non-hydrogen) atoms. The largest absolute Gasteiger partial charge is 0.490 e. The van der Waals surface area contributed by atoms with E-state index in [2.05, 4.69) is 9.71 Å². The highest BCUT2D eigenvalue weighted by atomic mass is 32.2. The van der Waals surface area contributed by atoms with Gasteiger partial charge in [0.25, 0.3) is 21.8 Å². The fourth-order valence-corrected chi connectivity index (χ4v) is 6.50. The molecule has 0 spiro atoms. The minimum Gasteiger partial charge on any atom is -0.490 e. The number of aliphatic hydroxyl groups is 1. The number of aromatic nitrogens is 1. The zero-order valence-corrected chi connectivity index (χ0v) is 28.6. The highest BCUT2D eigenvalue weighted by Gasteiger charge is 2.31. The number of fused-ring (bicyclic) bond motifs is 1. The first-order valence-corrected chi connectivity index (χ1v) is 17.5. The van der Waals surface area contributed by atoms with Crippen LogP contribution in [0.5, 0.6) is 5.75 Å². The molecule has 0 bridgehead atoms. The summed E-state index contributed by atoms with van der Waals surface area (Å²) in [7, 11) is -2.21. The summed E-state index contributed by atoms with van der Waals surface area (Å²) in [6.45, 7) is 8.18. The van der Waals surface area contributed by atoms with Gasteiger partial charge in [-0.2, -0.15) is 0 Å². The highest BCUT2D eigenvalue weighted by molar-refractivity contribution is 7.92. The Morgan fingerprint density at radius 3 is 2.49 bits per heavy atom. The number of carbonyl (C=O) groups is 2. The summed E-state index contributed by atoms with van der Waals surface area (Å²) < 4.78 is 41.6. The van der Waals surface area contributed by atoms with Gasteiger partial charge in [-0.25, -0.2) is 8.42 Å². The van der Waals surface area contributed by atoms with Crippen LogP contribution >= 0.6 is 0 Å². The van der Waals surface area contributed by atoms with E-state index in [1.54, 1.807) is 72.6 Å². The number of likely N-dealkylation sites (N-methyl/N-ethyl adjacent to an activating group) is 1. The predicted molar refractivity (Wildman–Crippen MR) is 180 cm³/mol. The van der Waals surface area contributed by atoms with Crippen molar-refractivity contribution >= 4 is 27.5 Å². The van der Waals surface area contributed by atoms with Crippen molar-refractivity contribution in [1.82, 2.24) is 14.8 Å². The van der Waals surface area contributed by atoms with Gasteiger partial charge in [0.2, 0.25) is 0 Å². The van der Waals surface area contributed by atoms with Crippen LogP contribution in [0.4, 0.5) is 5.69 Å². The molecule has 0 unspecified atom stereocenters. The van der Waals surface area contributed by atoms with E-state index >= 15 is 0 Å². The third-order valence-electron chi connectivity index (χ3n) is 8.36. The number of aryl methyl sites for hydroxylation is 1. The van der Waals surface area contributed by atoms with Crippen LogP contribution in [0.25, 0.3) is 0 Å². The maximum Gasteiger partial charge on any atom is 0.261 e. The van der Waals surface area contributed by atoms with Gasteiger partial charge in [0.1, 0.15) is 5.75 Å². The van der Waals surface area contributed by atoms with Crippen LogP contribution in [0.2, 0.25) is 0 Å². The van der Waals surface area contributed by atoms with E-state index in [0.717, 1.165) is 18.4 Å². The first-order valence-electron chi connectivity index (χ1n) is 16.0. The Morgan fingerprint density at radius 2 is 1.81 bits per heavy atom. The fourth-order valence-electron chi connectivity index (χ4n) is 5.45. The summed E-state index contributed by atoms with van der Waals surface area (Å²) in [5, 5.41) is 10.2. The Morgan fingerprint density at radius 1 is 1.11 bits per heavy atom. The molecule has 0 saturated heterocycles. The number of anilines is 1. The molecule has 2 amide bonds. The van der Waals surface area contributed by atoms with Crippen molar-refractivity contribution in [2.45, 2.75) is 70.1 Å². The lowest BCUT2D eigenvalue weighted by Crippen LogP contribution is -2.48. The molecule has 12 heteroatoms. The molecular weight excluding hydrogens is 620 g/mol. The van der Waals surface area contributed by atoms with Crippen LogP contribution in [-0.4, -0.2) is 91.7 Å². The van der Waals surface area contributed by atoms with Crippen molar-refractivity contribution in [3.8, 4) is 5.75 Å². The van der Waals surface area contributed by atoms with Crippen LogP contribution < -0.4 is 9.46 Å². The first-order chi connectivity index (χ1) is 22.4. The number of pyridine rings is 1. The molecule has 254 valence electrons. The van der Waals surface area contributed by atoms with Crippen LogP contribution in [0, 0.1) is 12.8 Å². The van der Waals surface area contributed by atoms with Gasteiger partial charge in [-0.15, -0.1) is 0 Å². The second kappa shape index (κ2) is 16.2. The lowest BCUT2D eigenvalue weighted by Gasteiger charge is -2.36. The van der Waals surface area contributed by atoms with Crippen LogP contribution in [-0.2, 0) is 14.8 Å². The number of benzene rings is 2. The molecule has 11 nitrogen and oxygen atoms in total. The lowest BCUT2D eigenvalue weighted by atomic mass is 10.0. The molecule has 0 aliphatic carbocycles. The molecule has 4 rings (SSSR count). The van der Waals surface area contributed by atoms with E-state index in [9.17, 15) is 23.1 Å². The summed E-state index contributed by atoms with van der Waals surface area (Å²) in [6, 6.07) is 13.9. The zero-order valence-electron chi connectivity index (χ0n) is 27.8. The van der Waals surface area contributed by atoms with Crippen LogP contribution in [0.3, 0.4) is 0 Å². The lowest BCUT2D eigenvalue weighted by molar-refractivity contribution is -0.0149. The number of rotatable bonds is 8. The van der Waals surface area contributed by atoms with Gasteiger partial charge in [-0.1, -0.05) is 24.6 Å². The SMILES string of the molecule is Cc1ccc(S(=O)(=O)Nc2ccc3c(c2)C(=O)N([C@H](C)CO)C[C@@H](C)[C@@H](CN(C)C(=O)c2ccncc2)OCCCC[C@H](C)O3)cc1. The molecule has 2 N–H and O–H groups in total. The van der Waals surface area contributed by atoms with E-state index < -0.39 is 28.1 Å². The summed E-state index contributed by atoms with van der Waals surface area (Å²) in [5.41, 5.74) is 1.82. The van der Waals surface area contributed by atoms with Crippen molar-refractivity contribution in [2.75, 3.05) is 38.1 Å². The van der Waals surface area contributed by atoms with Gasteiger partial charge < -0.3 is 24.4 Å². The number of hydrogen-bond acceptors (Lipinski definition) is 8. The molecule has 2 heterocycles. The summed E-state index contributed by atoms with van der Waals surface area (Å²) in [4.78, 5) is 34.8. The molecule has 2 aromatic carbocycles. The van der Waals surface area contributed by atoms with Gasteiger partial charge in [0, 0.05) is 56.3 Å². The highest BCUT2D eigenvalue weighted by Crippen LogP contribution is 2.29. The Balaban J connectivity index is 1.66. The maximum absolute atomic E-state index is 14.4. The Bertz CT molecular complexity index is 1600. The molecule has 0 saturated carbocycles. The maximum atomic E-state index is 14.4. The van der Waals surface area contributed by atoms with Gasteiger partial charge in [-0.05, 0) is 82.5 Å². The summed E-state index contributed by atoms with van der Waals surface area (Å²) >= 11 is 0. The van der Waals surface area contributed by atoms with E-state index in [1.807, 2.05) is 20.8 Å². The average Bonchev–Trinajstić information content (AvgIpc) is 3.06. The zero-order chi connectivity index (χ0) is 34.1. The number of hydrogen-bond donors (Lipinski definition) is 2. The first kappa shape index (κ1) is 35.8. The smallest absolute Gasteiger partial charge is 0.261 e. The van der Waals surface area contributed by atoms with Crippen molar-refractivity contribution < 1.29 is 32.6 Å². The number of ether oxygens (including phenoxy) is 2. The van der Waals surface area contributed by atoms with Crippen LogP contribution in [0.1, 0.15) is 66.3 Å². The molecule has 0 radical (unpaired) electrons. The molecule has 1 aliphatic heterocycles. The number of nitrogens with zero attached hydrogens (tertiary/aromatic N) is 3. The topological polar surface area (TPSA) is 138 Å². The third-order valence-corrected chi connectivity index (χ3v) is 9.76. The van der Waals surface area contributed by atoms with Gasteiger partial charge in [-0.3, -0.25) is 19.3 Å². The quantitative estimate of drug-likeness (QED) is 0.351. The normalized spacial score (nSPS) is 20.3. The van der Waals surface area contributed by atoms with E-state index in [1.165, 1.54) is 18.2 Å². The van der Waals surface area contributed by atoms with Crippen molar-refractivity contribution in [3.05, 3.63) is 83.7 Å². The van der Waals surface area contributed by atoms with Crippen molar-refractivity contribution in [2.24, 2.45) is 5.92 Å². The molecule has 1 aliphatic rings. The van der Waals surface area contributed by atoms with E-state index in [-0.39, 0.29) is 47.2 Å². The average molecular weight is 667 g/mol. The summed E-state index contributed by atoms with van der Waals surface area (Å²) in [5.74, 6) is -0.500. The molecule has 4 atom stereocenters. The Kier molecular flexibility index (Phi) is 12.4. The van der Waals surface area contributed by atoms with Gasteiger partial charge in [0.15, 0.2) is 0 Å². The van der Waals surface area contributed by atoms with Crippen molar-refractivity contribution in [3.63, 3.8) is 0 Å². The molecule has 1 aromatic heterocycles. The second-order valence-electron chi connectivity index (χ2n) is 12.4. The van der Waals surface area contributed by atoms with Crippen LogP contribution in [0.15, 0.2) is 71.9 Å². The predicted octanol–water partition coefficient (Wildman–Crippen LogP) is 4.76.